The first-order valence-electron chi connectivity index (χ1n) is 9.33. The summed E-state index contributed by atoms with van der Waals surface area (Å²) in [5, 5.41) is 9.58. The first-order chi connectivity index (χ1) is 14.7. The molecule has 0 bridgehead atoms. The van der Waals surface area contributed by atoms with E-state index >= 15 is 0 Å². The van der Waals surface area contributed by atoms with Crippen molar-refractivity contribution in [1.29, 1.82) is 0 Å². The average molecular weight is 402 g/mol. The lowest BCUT2D eigenvalue weighted by atomic mass is 10.1. The van der Waals surface area contributed by atoms with E-state index in [1.807, 2.05) is 36.4 Å². The highest BCUT2D eigenvalue weighted by atomic mass is 16.5. The average Bonchev–Trinajstić information content (AvgIpc) is 3.42. The Bertz CT molecular complexity index is 1340. The molecule has 3 aromatic carbocycles. The molecule has 2 heterocycles. The fraction of sp³-hybridized carbons (Fsp3) is 0.130. The number of aliphatic hydroxyl groups is 1. The van der Waals surface area contributed by atoms with E-state index in [1.54, 1.807) is 32.4 Å². The van der Waals surface area contributed by atoms with E-state index < -0.39 is 0 Å². The maximum absolute atomic E-state index is 9.58. The van der Waals surface area contributed by atoms with Gasteiger partial charge in [-0.25, -0.2) is 9.97 Å². The van der Waals surface area contributed by atoms with Gasteiger partial charge in [0.25, 0.3) is 0 Å². The lowest BCUT2D eigenvalue weighted by molar-refractivity contribution is 0.283. The number of benzene rings is 3. The van der Waals surface area contributed by atoms with Gasteiger partial charge in [0, 0.05) is 5.56 Å². The highest BCUT2D eigenvalue weighted by Crippen LogP contribution is 2.41. The molecule has 0 fully saturated rings. The summed E-state index contributed by atoms with van der Waals surface area (Å²) in [4.78, 5) is 9.13. The van der Waals surface area contributed by atoms with Crippen LogP contribution in [0.3, 0.4) is 0 Å². The SMILES string of the molecule is COc1cc(-c2nc3c(CO)cccc3o2)c(OC)cc1-c1nc2ccccc2o1. The third-order valence-electron chi connectivity index (χ3n) is 4.95. The van der Waals surface area contributed by atoms with Crippen LogP contribution in [-0.4, -0.2) is 29.3 Å². The molecule has 0 aliphatic carbocycles. The number of hydrogen-bond donors (Lipinski definition) is 1. The van der Waals surface area contributed by atoms with Crippen LogP contribution in [0.1, 0.15) is 5.56 Å². The van der Waals surface area contributed by atoms with Crippen molar-refractivity contribution < 1.29 is 23.4 Å². The fourth-order valence-electron chi connectivity index (χ4n) is 3.47. The second kappa shape index (κ2) is 7.20. The molecule has 0 radical (unpaired) electrons. The van der Waals surface area contributed by atoms with Gasteiger partial charge < -0.3 is 23.4 Å². The van der Waals surface area contributed by atoms with E-state index in [0.717, 1.165) is 5.52 Å². The van der Waals surface area contributed by atoms with Crippen LogP contribution >= 0.6 is 0 Å². The number of para-hydroxylation sites is 3. The number of rotatable bonds is 5. The standard InChI is InChI=1S/C23H18N2O5/c1-27-19-11-15(23-25-21-13(12-26)6-5-9-18(21)30-23)20(28-2)10-14(19)22-24-16-7-3-4-8-17(16)29-22/h3-11,26H,12H2,1-2H3. The number of methoxy groups -OCH3 is 2. The molecule has 0 amide bonds. The van der Waals surface area contributed by atoms with Crippen molar-refractivity contribution in [3.8, 4) is 34.4 Å². The van der Waals surface area contributed by atoms with Gasteiger partial charge in [-0.3, -0.25) is 0 Å². The molecule has 7 heteroatoms. The fourth-order valence-corrected chi connectivity index (χ4v) is 3.47. The smallest absolute Gasteiger partial charge is 0.231 e. The predicted octanol–water partition coefficient (Wildman–Crippen LogP) is 4.81. The van der Waals surface area contributed by atoms with Gasteiger partial charge in [-0.05, 0) is 30.3 Å². The summed E-state index contributed by atoms with van der Waals surface area (Å²) < 4.78 is 23.1. The Morgan fingerprint density at radius 1 is 0.800 bits per heavy atom. The van der Waals surface area contributed by atoms with Crippen molar-refractivity contribution >= 4 is 22.2 Å². The van der Waals surface area contributed by atoms with E-state index in [2.05, 4.69) is 9.97 Å². The number of aliphatic hydroxyl groups excluding tert-OH is 1. The van der Waals surface area contributed by atoms with Crippen molar-refractivity contribution in [3.63, 3.8) is 0 Å². The van der Waals surface area contributed by atoms with Crippen LogP contribution in [0.5, 0.6) is 11.5 Å². The predicted molar refractivity (Wildman–Crippen MR) is 111 cm³/mol. The first kappa shape index (κ1) is 18.2. The summed E-state index contributed by atoms with van der Waals surface area (Å²) in [6.07, 6.45) is 0. The minimum Gasteiger partial charge on any atom is -0.496 e. The molecule has 7 nitrogen and oxygen atoms in total. The normalized spacial score (nSPS) is 11.3. The maximum Gasteiger partial charge on any atom is 0.231 e. The first-order valence-corrected chi connectivity index (χ1v) is 9.33. The van der Waals surface area contributed by atoms with Gasteiger partial charge in [-0.1, -0.05) is 24.3 Å². The summed E-state index contributed by atoms with van der Waals surface area (Å²) in [6.45, 7) is -0.125. The molecule has 0 spiro atoms. The van der Waals surface area contributed by atoms with Crippen LogP contribution in [0, 0.1) is 0 Å². The highest BCUT2D eigenvalue weighted by molar-refractivity contribution is 5.83. The molecule has 0 atom stereocenters. The lowest BCUT2D eigenvalue weighted by Gasteiger charge is -2.11. The molecule has 5 rings (SSSR count). The number of oxazole rings is 2. The summed E-state index contributed by atoms with van der Waals surface area (Å²) in [6, 6.07) is 16.6. The van der Waals surface area contributed by atoms with E-state index in [9.17, 15) is 5.11 Å². The number of ether oxygens (including phenoxy) is 2. The van der Waals surface area contributed by atoms with Crippen LogP contribution in [0.25, 0.3) is 45.1 Å². The van der Waals surface area contributed by atoms with Crippen molar-refractivity contribution in [2.75, 3.05) is 14.2 Å². The molecular weight excluding hydrogens is 384 g/mol. The zero-order chi connectivity index (χ0) is 20.7. The monoisotopic (exact) mass is 402 g/mol. The second-order valence-electron chi connectivity index (χ2n) is 6.68. The topological polar surface area (TPSA) is 90.8 Å². The number of hydrogen-bond acceptors (Lipinski definition) is 7. The molecule has 5 aromatic rings. The van der Waals surface area contributed by atoms with E-state index in [1.165, 1.54) is 0 Å². The van der Waals surface area contributed by atoms with Gasteiger partial charge in [-0.2, -0.15) is 0 Å². The third-order valence-corrected chi connectivity index (χ3v) is 4.95. The molecule has 0 saturated heterocycles. The van der Waals surface area contributed by atoms with Crippen molar-refractivity contribution in [3.05, 3.63) is 60.2 Å². The number of aromatic nitrogens is 2. The molecule has 1 N–H and O–H groups in total. The third kappa shape index (κ3) is 2.87. The van der Waals surface area contributed by atoms with Gasteiger partial charge in [-0.15, -0.1) is 0 Å². The highest BCUT2D eigenvalue weighted by Gasteiger charge is 2.21. The van der Waals surface area contributed by atoms with Crippen LogP contribution < -0.4 is 9.47 Å². The molecule has 0 unspecified atom stereocenters. The van der Waals surface area contributed by atoms with Crippen molar-refractivity contribution in [1.82, 2.24) is 9.97 Å². The zero-order valence-electron chi connectivity index (χ0n) is 16.4. The molecule has 150 valence electrons. The van der Waals surface area contributed by atoms with Gasteiger partial charge >= 0.3 is 0 Å². The summed E-state index contributed by atoms with van der Waals surface area (Å²) in [5.41, 5.74) is 4.60. The van der Waals surface area contributed by atoms with Gasteiger partial charge in [0.05, 0.1) is 32.0 Å². The molecular formula is C23H18N2O5. The Morgan fingerprint density at radius 2 is 1.43 bits per heavy atom. The minimum atomic E-state index is -0.125. The zero-order valence-corrected chi connectivity index (χ0v) is 16.4. The Labute approximate surface area is 171 Å². The van der Waals surface area contributed by atoms with E-state index in [0.29, 0.717) is 56.7 Å². The Hall–Kier alpha value is -3.84. The Morgan fingerprint density at radius 3 is 2.10 bits per heavy atom. The van der Waals surface area contributed by atoms with Gasteiger partial charge in [0.1, 0.15) is 22.5 Å². The van der Waals surface area contributed by atoms with Gasteiger partial charge in [0.2, 0.25) is 11.8 Å². The Kier molecular flexibility index (Phi) is 4.37. The molecule has 30 heavy (non-hydrogen) atoms. The van der Waals surface area contributed by atoms with Gasteiger partial charge in [0.15, 0.2) is 11.2 Å². The maximum atomic E-state index is 9.58. The molecule has 0 aliphatic rings. The summed E-state index contributed by atoms with van der Waals surface area (Å²) in [7, 11) is 3.15. The minimum absolute atomic E-state index is 0.125. The van der Waals surface area contributed by atoms with Crippen LogP contribution in [0.2, 0.25) is 0 Å². The van der Waals surface area contributed by atoms with E-state index in [4.69, 9.17) is 18.3 Å². The largest absolute Gasteiger partial charge is 0.496 e. The van der Waals surface area contributed by atoms with Crippen LogP contribution in [0.15, 0.2) is 63.4 Å². The summed E-state index contributed by atoms with van der Waals surface area (Å²) >= 11 is 0. The van der Waals surface area contributed by atoms with Crippen LogP contribution in [0.4, 0.5) is 0 Å². The number of nitrogens with zero attached hydrogens (tertiary/aromatic N) is 2. The molecule has 2 aromatic heterocycles. The molecule has 0 aliphatic heterocycles. The molecule has 0 saturated carbocycles. The van der Waals surface area contributed by atoms with Crippen molar-refractivity contribution in [2.24, 2.45) is 0 Å². The van der Waals surface area contributed by atoms with Crippen LogP contribution in [-0.2, 0) is 6.61 Å². The summed E-state index contributed by atoms with van der Waals surface area (Å²) in [5.74, 6) is 1.87. The second-order valence-corrected chi connectivity index (χ2v) is 6.68. The van der Waals surface area contributed by atoms with E-state index in [-0.39, 0.29) is 6.61 Å². The Balaban J connectivity index is 1.69. The quantitative estimate of drug-likeness (QED) is 0.451. The lowest BCUT2D eigenvalue weighted by Crippen LogP contribution is -1.94. The number of fused-ring (bicyclic) bond motifs is 2. The van der Waals surface area contributed by atoms with Crippen molar-refractivity contribution in [2.45, 2.75) is 6.61 Å².